The van der Waals surface area contributed by atoms with Crippen molar-refractivity contribution in [3.8, 4) is 0 Å². The van der Waals surface area contributed by atoms with Gasteiger partial charge < -0.3 is 0 Å². The third-order valence-corrected chi connectivity index (χ3v) is 10.9. The molecule has 4 aliphatic rings. The van der Waals surface area contributed by atoms with Crippen molar-refractivity contribution in [2.24, 2.45) is 46.3 Å². The lowest BCUT2D eigenvalue weighted by molar-refractivity contribution is -0.137. The van der Waals surface area contributed by atoms with Crippen molar-refractivity contribution in [3.63, 3.8) is 0 Å². The fourth-order valence-electron chi connectivity index (χ4n) is 9.23. The van der Waals surface area contributed by atoms with E-state index in [2.05, 4.69) is 31.0 Å². The Morgan fingerprint density at radius 1 is 0.938 bits per heavy atom. The Hall–Kier alpha value is -1.71. The summed E-state index contributed by atoms with van der Waals surface area (Å²) < 4.78 is 0. The fraction of sp³-hybridized carbons (Fsp3) is 0.750. The SMILES string of the molecule is CC1CCC2(C)C(CCC3C2CC[C@]2(C)C(C(=O)Cn4nc5ccccc5n4)CCC32)C1. The number of hydrogen-bond acceptors (Lipinski definition) is 3. The van der Waals surface area contributed by atoms with E-state index in [-0.39, 0.29) is 11.3 Å². The van der Waals surface area contributed by atoms with E-state index in [0.29, 0.717) is 17.7 Å². The Morgan fingerprint density at radius 3 is 2.38 bits per heavy atom. The lowest BCUT2D eigenvalue weighted by Crippen LogP contribution is -2.53. The summed E-state index contributed by atoms with van der Waals surface area (Å²) in [4.78, 5) is 15.2. The number of carbonyl (C=O) groups excluding carboxylic acids is 1. The minimum Gasteiger partial charge on any atom is -0.297 e. The molecular formula is C28H39N3O. The summed E-state index contributed by atoms with van der Waals surface area (Å²) in [7, 11) is 0. The first-order valence-corrected chi connectivity index (χ1v) is 13.2. The molecule has 32 heavy (non-hydrogen) atoms. The van der Waals surface area contributed by atoms with E-state index in [1.807, 2.05) is 24.3 Å². The standard InChI is InChI=1S/C28H39N3O/c1-18-12-14-27(2)19(16-18)8-9-20-21-10-11-23(28(21,3)15-13-22(20)27)26(32)17-31-29-24-6-4-5-7-25(24)30-31/h4-7,18-23H,8-17H2,1-3H3/t18?,19?,20?,21?,22?,23?,27?,28-/m0/s1. The number of fused-ring (bicyclic) bond motifs is 6. The summed E-state index contributed by atoms with van der Waals surface area (Å²) in [5.74, 6) is 4.86. The molecule has 1 aromatic carbocycles. The van der Waals surface area contributed by atoms with Crippen molar-refractivity contribution in [1.29, 1.82) is 0 Å². The van der Waals surface area contributed by atoms with Crippen LogP contribution in [0.25, 0.3) is 11.0 Å². The number of Topliss-reactive ketones (excluding diaryl/α,β-unsaturated/α-hetero) is 1. The second-order valence-electron chi connectivity index (χ2n) is 12.4. The molecule has 1 heterocycles. The predicted molar refractivity (Wildman–Crippen MR) is 127 cm³/mol. The van der Waals surface area contributed by atoms with Gasteiger partial charge in [0.1, 0.15) is 17.6 Å². The van der Waals surface area contributed by atoms with E-state index in [1.165, 1.54) is 51.4 Å². The molecule has 2 aromatic rings. The zero-order chi connectivity index (χ0) is 22.1. The Bertz CT molecular complexity index is 996. The molecule has 7 unspecified atom stereocenters. The van der Waals surface area contributed by atoms with E-state index < -0.39 is 0 Å². The Morgan fingerprint density at radius 2 is 1.62 bits per heavy atom. The molecule has 0 amide bonds. The molecule has 0 aliphatic heterocycles. The molecule has 0 N–H and O–H groups in total. The van der Waals surface area contributed by atoms with Crippen molar-refractivity contribution >= 4 is 16.8 Å². The van der Waals surface area contributed by atoms with Crippen molar-refractivity contribution in [2.75, 3.05) is 0 Å². The van der Waals surface area contributed by atoms with Crippen LogP contribution in [0.3, 0.4) is 0 Å². The van der Waals surface area contributed by atoms with Gasteiger partial charge in [0.05, 0.1) is 0 Å². The highest BCUT2D eigenvalue weighted by Crippen LogP contribution is 2.67. The third kappa shape index (κ3) is 3.04. The van der Waals surface area contributed by atoms with Gasteiger partial charge in [0.15, 0.2) is 5.78 Å². The molecular weight excluding hydrogens is 394 g/mol. The highest BCUT2D eigenvalue weighted by molar-refractivity contribution is 5.82. The van der Waals surface area contributed by atoms with Crippen LogP contribution >= 0.6 is 0 Å². The van der Waals surface area contributed by atoms with Crippen LogP contribution in [0.5, 0.6) is 0 Å². The molecule has 0 bridgehead atoms. The minimum atomic E-state index is 0.177. The molecule has 0 radical (unpaired) electrons. The largest absolute Gasteiger partial charge is 0.297 e. The second-order valence-corrected chi connectivity index (χ2v) is 12.4. The zero-order valence-corrected chi connectivity index (χ0v) is 20.1. The summed E-state index contributed by atoms with van der Waals surface area (Å²) in [6, 6.07) is 7.90. The topological polar surface area (TPSA) is 47.8 Å². The van der Waals surface area contributed by atoms with Gasteiger partial charge in [-0.1, -0.05) is 39.3 Å². The molecule has 8 atom stereocenters. The van der Waals surface area contributed by atoms with Crippen molar-refractivity contribution in [1.82, 2.24) is 15.0 Å². The van der Waals surface area contributed by atoms with Gasteiger partial charge in [-0.3, -0.25) is 4.79 Å². The van der Waals surface area contributed by atoms with Gasteiger partial charge in [0.2, 0.25) is 0 Å². The molecule has 1 aromatic heterocycles. The monoisotopic (exact) mass is 433 g/mol. The summed E-state index contributed by atoms with van der Waals surface area (Å²) in [5.41, 5.74) is 2.49. The number of rotatable bonds is 3. The first-order chi connectivity index (χ1) is 15.4. The van der Waals surface area contributed by atoms with Gasteiger partial charge in [-0.15, -0.1) is 0 Å². The fourth-order valence-corrected chi connectivity index (χ4v) is 9.23. The molecule has 6 rings (SSSR count). The van der Waals surface area contributed by atoms with E-state index in [4.69, 9.17) is 0 Å². The third-order valence-electron chi connectivity index (χ3n) is 10.9. The summed E-state index contributed by atoms with van der Waals surface area (Å²) >= 11 is 0. The molecule has 4 saturated carbocycles. The first-order valence-electron chi connectivity index (χ1n) is 13.2. The first kappa shape index (κ1) is 20.9. The van der Waals surface area contributed by atoms with Crippen LogP contribution in [0.15, 0.2) is 24.3 Å². The number of nitrogens with zero attached hydrogens (tertiary/aromatic N) is 3. The average molecular weight is 434 g/mol. The molecule has 4 heteroatoms. The van der Waals surface area contributed by atoms with Crippen LogP contribution in [0.1, 0.15) is 78.6 Å². The maximum atomic E-state index is 13.5. The second kappa shape index (κ2) is 7.40. The van der Waals surface area contributed by atoms with Gasteiger partial charge in [-0.25, -0.2) is 0 Å². The molecule has 0 spiro atoms. The smallest absolute Gasteiger partial charge is 0.159 e. The average Bonchev–Trinajstić information content (AvgIpc) is 3.34. The summed E-state index contributed by atoms with van der Waals surface area (Å²) in [5, 5.41) is 9.12. The molecule has 0 saturated heterocycles. The Kier molecular flexibility index (Phi) is 4.82. The minimum absolute atomic E-state index is 0.177. The van der Waals surface area contributed by atoms with Gasteiger partial charge in [-0.05, 0) is 104 Å². The normalized spacial score (nSPS) is 43.5. The number of benzene rings is 1. The van der Waals surface area contributed by atoms with Gasteiger partial charge >= 0.3 is 0 Å². The van der Waals surface area contributed by atoms with Crippen LogP contribution in [-0.2, 0) is 11.3 Å². The van der Waals surface area contributed by atoms with Crippen LogP contribution in [0.2, 0.25) is 0 Å². The van der Waals surface area contributed by atoms with E-state index in [1.54, 1.807) is 4.80 Å². The molecule has 172 valence electrons. The Labute approximate surface area is 192 Å². The van der Waals surface area contributed by atoms with Crippen LogP contribution < -0.4 is 0 Å². The van der Waals surface area contributed by atoms with Crippen molar-refractivity contribution < 1.29 is 4.79 Å². The number of aromatic nitrogens is 3. The molecule has 4 aliphatic carbocycles. The van der Waals surface area contributed by atoms with E-state index >= 15 is 0 Å². The van der Waals surface area contributed by atoms with Crippen molar-refractivity contribution in [3.05, 3.63) is 24.3 Å². The lowest BCUT2D eigenvalue weighted by Gasteiger charge is -2.61. The van der Waals surface area contributed by atoms with E-state index in [0.717, 1.165) is 47.0 Å². The number of ketones is 1. The summed E-state index contributed by atoms with van der Waals surface area (Å²) in [6.07, 6.45) is 12.0. The maximum Gasteiger partial charge on any atom is 0.159 e. The zero-order valence-electron chi connectivity index (χ0n) is 20.1. The maximum absolute atomic E-state index is 13.5. The molecule has 4 nitrogen and oxygen atoms in total. The van der Waals surface area contributed by atoms with Crippen LogP contribution in [0, 0.1) is 46.3 Å². The molecule has 4 fully saturated rings. The highest BCUT2D eigenvalue weighted by atomic mass is 16.1. The van der Waals surface area contributed by atoms with Crippen LogP contribution in [0.4, 0.5) is 0 Å². The van der Waals surface area contributed by atoms with Gasteiger partial charge in [0.25, 0.3) is 0 Å². The highest BCUT2D eigenvalue weighted by Gasteiger charge is 2.60. The van der Waals surface area contributed by atoms with E-state index in [9.17, 15) is 4.79 Å². The lowest BCUT2D eigenvalue weighted by atomic mass is 9.44. The number of carbonyl (C=O) groups is 1. The van der Waals surface area contributed by atoms with Crippen molar-refractivity contribution in [2.45, 2.75) is 85.1 Å². The van der Waals surface area contributed by atoms with Gasteiger partial charge in [0, 0.05) is 5.92 Å². The summed E-state index contributed by atoms with van der Waals surface area (Å²) in [6.45, 7) is 7.91. The number of hydrogen-bond donors (Lipinski definition) is 0. The van der Waals surface area contributed by atoms with Gasteiger partial charge in [-0.2, -0.15) is 15.0 Å². The predicted octanol–water partition coefficient (Wildman–Crippen LogP) is 6.30. The van der Waals surface area contributed by atoms with Crippen LogP contribution in [-0.4, -0.2) is 20.8 Å². The quantitative estimate of drug-likeness (QED) is 0.571. The Balaban J connectivity index is 1.21.